The van der Waals surface area contributed by atoms with Crippen molar-refractivity contribution < 1.29 is 6.85 Å². The van der Waals surface area contributed by atoms with Crippen molar-refractivity contribution in [2.75, 3.05) is 0 Å². The van der Waals surface area contributed by atoms with E-state index in [0.717, 1.165) is 54.9 Å². The first-order valence-electron chi connectivity index (χ1n) is 20.3. The summed E-state index contributed by atoms with van der Waals surface area (Å²) in [5.74, 6) is 1.36. The van der Waals surface area contributed by atoms with Gasteiger partial charge in [-0.2, -0.15) is 0 Å². The third-order valence-corrected chi connectivity index (χ3v) is 9.93. The van der Waals surface area contributed by atoms with Crippen molar-refractivity contribution in [1.29, 1.82) is 0 Å². The lowest BCUT2D eigenvalue weighted by Gasteiger charge is -2.13. The molecule has 0 saturated heterocycles. The maximum atomic E-state index is 8.92. The summed E-state index contributed by atoms with van der Waals surface area (Å²) in [7, 11) is 0. The molecule has 0 fully saturated rings. The van der Waals surface area contributed by atoms with Crippen molar-refractivity contribution in [2.24, 2.45) is 0 Å². The van der Waals surface area contributed by atoms with Gasteiger partial charge in [0.15, 0.2) is 17.5 Å². The second-order valence-corrected chi connectivity index (χ2v) is 13.3. The third kappa shape index (κ3) is 5.98. The molecule has 10 aromatic rings. The SMILES string of the molecule is [2H]c1c([2H])c([2H])c(-c2cc(-c3ccc4cc(-c5ccccc5)ccc4c3)cc(-c3nc(-c4ccccc4)nc(-c4ccc5c(ccc6ccccc65)c4)n3)c2)c([2H])c1[2H]. The van der Waals surface area contributed by atoms with Crippen molar-refractivity contribution >= 4 is 32.3 Å². The van der Waals surface area contributed by atoms with Crippen LogP contribution in [0.1, 0.15) is 6.85 Å². The van der Waals surface area contributed by atoms with Gasteiger partial charge in [-0.1, -0.05) is 164 Å². The molecule has 252 valence electrons. The first-order valence-corrected chi connectivity index (χ1v) is 17.8. The molecule has 0 radical (unpaired) electrons. The molecule has 3 nitrogen and oxygen atoms in total. The number of nitrogens with zero attached hydrogens (tertiary/aromatic N) is 3. The maximum Gasteiger partial charge on any atom is 0.164 e. The van der Waals surface area contributed by atoms with Gasteiger partial charge in [0, 0.05) is 16.7 Å². The van der Waals surface area contributed by atoms with Gasteiger partial charge in [0.1, 0.15) is 0 Å². The zero-order valence-corrected chi connectivity index (χ0v) is 29.0. The van der Waals surface area contributed by atoms with E-state index < -0.39 is 18.1 Å². The first-order chi connectivity index (χ1) is 28.8. The standard InChI is InChI=1S/C51H33N3/c1-4-12-34(13-5-1)38-21-22-40-29-41(24-23-39(40)28-38)45-31-44(35-14-6-2-7-15-35)32-46(33-45)51-53-49(37-17-8-3-9-18-37)52-50(54-51)43-26-27-48-42(30-43)25-20-36-16-10-11-19-47(36)48/h1-33H/i2D,6D,7D,14D,15D. The number of benzene rings is 9. The van der Waals surface area contributed by atoms with Gasteiger partial charge < -0.3 is 0 Å². The van der Waals surface area contributed by atoms with Gasteiger partial charge in [-0.05, 0) is 102 Å². The van der Waals surface area contributed by atoms with Crippen LogP contribution in [0.5, 0.6) is 0 Å². The Morgan fingerprint density at radius 1 is 0.278 bits per heavy atom. The maximum absolute atomic E-state index is 8.92. The molecule has 0 bridgehead atoms. The molecule has 0 N–H and O–H groups in total. The van der Waals surface area contributed by atoms with Gasteiger partial charge in [0.2, 0.25) is 0 Å². The van der Waals surface area contributed by atoms with E-state index in [1.165, 1.54) is 10.8 Å². The van der Waals surface area contributed by atoms with E-state index in [0.29, 0.717) is 28.6 Å². The van der Waals surface area contributed by atoms with Crippen molar-refractivity contribution in [2.45, 2.75) is 0 Å². The Labute approximate surface area is 321 Å². The molecule has 10 rings (SSSR count). The molecule has 1 aromatic heterocycles. The highest BCUT2D eigenvalue weighted by atomic mass is 15.0. The largest absolute Gasteiger partial charge is 0.208 e. The van der Waals surface area contributed by atoms with Crippen LogP contribution in [-0.4, -0.2) is 15.0 Å². The van der Waals surface area contributed by atoms with Crippen LogP contribution in [0.15, 0.2) is 200 Å². The summed E-state index contributed by atoms with van der Waals surface area (Å²) >= 11 is 0. The molecule has 0 aliphatic carbocycles. The summed E-state index contributed by atoms with van der Waals surface area (Å²) < 4.78 is 43.1. The van der Waals surface area contributed by atoms with Crippen molar-refractivity contribution in [3.63, 3.8) is 0 Å². The third-order valence-electron chi connectivity index (χ3n) is 9.93. The van der Waals surface area contributed by atoms with E-state index >= 15 is 0 Å². The number of rotatable bonds is 6. The Morgan fingerprint density at radius 3 is 1.48 bits per heavy atom. The predicted molar refractivity (Wildman–Crippen MR) is 225 cm³/mol. The lowest BCUT2D eigenvalue weighted by atomic mass is 9.94. The topological polar surface area (TPSA) is 38.7 Å². The molecule has 0 spiro atoms. The predicted octanol–water partition coefficient (Wildman–Crippen LogP) is 13.3. The summed E-state index contributed by atoms with van der Waals surface area (Å²) in [6.45, 7) is 0. The fourth-order valence-electron chi connectivity index (χ4n) is 7.20. The summed E-state index contributed by atoms with van der Waals surface area (Å²) in [5, 5.41) is 6.64. The summed E-state index contributed by atoms with van der Waals surface area (Å²) in [6, 6.07) is 55.4. The molecule has 0 atom stereocenters. The van der Waals surface area contributed by atoms with Crippen LogP contribution < -0.4 is 0 Å². The highest BCUT2D eigenvalue weighted by molar-refractivity contribution is 6.08. The molecule has 1 heterocycles. The molecule has 0 unspecified atom stereocenters. The second kappa shape index (κ2) is 13.4. The minimum atomic E-state index is -0.442. The Hall–Kier alpha value is -7.23. The number of hydrogen-bond donors (Lipinski definition) is 0. The Balaban J connectivity index is 1.18. The minimum Gasteiger partial charge on any atom is -0.208 e. The van der Waals surface area contributed by atoms with E-state index in [9.17, 15) is 0 Å². The van der Waals surface area contributed by atoms with Gasteiger partial charge in [-0.15, -0.1) is 0 Å². The van der Waals surface area contributed by atoms with E-state index in [1.807, 2.05) is 84.9 Å². The van der Waals surface area contributed by atoms with Crippen LogP contribution in [0.25, 0.3) is 99.9 Å². The van der Waals surface area contributed by atoms with Crippen LogP contribution in [-0.2, 0) is 0 Å². The van der Waals surface area contributed by atoms with Gasteiger partial charge in [0.25, 0.3) is 0 Å². The number of hydrogen-bond acceptors (Lipinski definition) is 3. The Morgan fingerprint density at radius 2 is 0.759 bits per heavy atom. The Kier molecular flexibility index (Phi) is 6.58. The zero-order valence-electron chi connectivity index (χ0n) is 34.0. The highest BCUT2D eigenvalue weighted by Gasteiger charge is 2.16. The minimum absolute atomic E-state index is 0.103. The van der Waals surface area contributed by atoms with E-state index in [4.69, 9.17) is 21.8 Å². The lowest BCUT2D eigenvalue weighted by Crippen LogP contribution is -2.00. The fraction of sp³-hybridized carbons (Fsp3) is 0. The summed E-state index contributed by atoms with van der Waals surface area (Å²) in [6.07, 6.45) is 0. The number of fused-ring (bicyclic) bond motifs is 4. The van der Waals surface area contributed by atoms with E-state index in [1.54, 1.807) is 0 Å². The van der Waals surface area contributed by atoms with Gasteiger partial charge in [-0.3, -0.25) is 0 Å². The number of aromatic nitrogens is 3. The molecule has 0 amide bonds. The molecule has 0 aliphatic heterocycles. The molecule has 54 heavy (non-hydrogen) atoms. The van der Waals surface area contributed by atoms with Gasteiger partial charge >= 0.3 is 0 Å². The van der Waals surface area contributed by atoms with Gasteiger partial charge in [-0.25, -0.2) is 15.0 Å². The average molecular weight is 693 g/mol. The molecular formula is C51H33N3. The van der Waals surface area contributed by atoms with E-state index in [-0.39, 0.29) is 17.6 Å². The average Bonchev–Trinajstić information content (AvgIpc) is 3.30. The molecule has 0 saturated carbocycles. The quantitative estimate of drug-likeness (QED) is 0.163. The van der Waals surface area contributed by atoms with Crippen LogP contribution in [0.2, 0.25) is 0 Å². The van der Waals surface area contributed by atoms with Crippen LogP contribution in [0.4, 0.5) is 0 Å². The summed E-state index contributed by atoms with van der Waals surface area (Å²) in [5.41, 5.74) is 6.72. The van der Waals surface area contributed by atoms with Crippen LogP contribution in [0.3, 0.4) is 0 Å². The highest BCUT2D eigenvalue weighted by Crippen LogP contribution is 2.36. The lowest BCUT2D eigenvalue weighted by molar-refractivity contribution is 1.07. The van der Waals surface area contributed by atoms with Crippen molar-refractivity contribution in [3.05, 3.63) is 200 Å². The van der Waals surface area contributed by atoms with Crippen LogP contribution in [0, 0.1) is 0 Å². The normalized spacial score (nSPS) is 12.6. The summed E-state index contributed by atoms with van der Waals surface area (Å²) in [4.78, 5) is 15.1. The Bertz CT molecular complexity index is 3250. The molecule has 3 heteroatoms. The van der Waals surface area contributed by atoms with Gasteiger partial charge in [0.05, 0.1) is 6.85 Å². The molecule has 9 aromatic carbocycles. The monoisotopic (exact) mass is 692 g/mol. The van der Waals surface area contributed by atoms with Crippen molar-refractivity contribution in [1.82, 2.24) is 15.0 Å². The smallest absolute Gasteiger partial charge is 0.164 e. The van der Waals surface area contributed by atoms with Crippen LogP contribution >= 0.6 is 0 Å². The zero-order chi connectivity index (χ0) is 40.2. The molecule has 0 aliphatic rings. The second-order valence-electron chi connectivity index (χ2n) is 13.3. The first kappa shape index (κ1) is 26.5. The van der Waals surface area contributed by atoms with E-state index in [2.05, 4.69) is 84.9 Å². The van der Waals surface area contributed by atoms with Crippen molar-refractivity contribution in [3.8, 4) is 67.5 Å². The molecular weight excluding hydrogens is 655 g/mol. The fourth-order valence-corrected chi connectivity index (χ4v) is 7.20.